The van der Waals surface area contributed by atoms with Gasteiger partial charge >= 0.3 is 39.5 Å². The lowest BCUT2D eigenvalue weighted by molar-refractivity contribution is -0.161. The number of phosphoric ester groups is 2. The van der Waals surface area contributed by atoms with Gasteiger partial charge in [-0.15, -0.1) is 0 Å². The molecule has 0 aliphatic rings. The molecule has 97 heavy (non-hydrogen) atoms. The minimum atomic E-state index is -4.96. The molecule has 0 aromatic heterocycles. The maximum Gasteiger partial charge on any atom is 0.472 e. The van der Waals surface area contributed by atoms with E-state index in [4.69, 9.17) is 37.0 Å². The first-order chi connectivity index (χ1) is 46.8. The lowest BCUT2D eigenvalue weighted by atomic mass is 10.00. The Labute approximate surface area is 594 Å². The zero-order valence-corrected chi connectivity index (χ0v) is 65.3. The van der Waals surface area contributed by atoms with Crippen molar-refractivity contribution in [2.45, 2.75) is 420 Å². The van der Waals surface area contributed by atoms with E-state index in [0.717, 1.165) is 114 Å². The van der Waals surface area contributed by atoms with Crippen LogP contribution in [0.25, 0.3) is 0 Å². The first kappa shape index (κ1) is 95.1. The molecule has 0 aromatic rings. The van der Waals surface area contributed by atoms with Crippen molar-refractivity contribution in [3.8, 4) is 0 Å². The number of carbonyl (C=O) groups is 4. The molecule has 17 nitrogen and oxygen atoms in total. The van der Waals surface area contributed by atoms with Crippen LogP contribution in [-0.4, -0.2) is 96.7 Å². The second-order valence-electron chi connectivity index (χ2n) is 29.3. The van der Waals surface area contributed by atoms with Crippen molar-refractivity contribution in [2.24, 2.45) is 17.8 Å². The number of rotatable bonds is 76. The summed E-state index contributed by atoms with van der Waals surface area (Å²) in [6, 6.07) is 0. The normalized spacial score (nSPS) is 14.3. The van der Waals surface area contributed by atoms with Crippen molar-refractivity contribution in [3.05, 3.63) is 0 Å². The topological polar surface area (TPSA) is 237 Å². The summed E-state index contributed by atoms with van der Waals surface area (Å²) in [5, 5.41) is 10.6. The Morgan fingerprint density at radius 2 is 0.526 bits per heavy atom. The molecule has 0 heterocycles. The van der Waals surface area contributed by atoms with Crippen molar-refractivity contribution < 1.29 is 80.2 Å². The number of phosphoric acid groups is 2. The van der Waals surface area contributed by atoms with E-state index in [1.165, 1.54) is 205 Å². The Hall–Kier alpha value is -1.94. The van der Waals surface area contributed by atoms with E-state index in [-0.39, 0.29) is 25.7 Å². The predicted molar refractivity (Wildman–Crippen MR) is 395 cm³/mol. The Bertz CT molecular complexity index is 1890. The molecular weight excluding hydrogens is 1270 g/mol. The van der Waals surface area contributed by atoms with Crippen molar-refractivity contribution in [1.29, 1.82) is 0 Å². The number of esters is 4. The van der Waals surface area contributed by atoms with Crippen LogP contribution in [0, 0.1) is 17.8 Å². The summed E-state index contributed by atoms with van der Waals surface area (Å²) in [6.07, 6.45) is 55.5. The van der Waals surface area contributed by atoms with Crippen LogP contribution in [-0.2, 0) is 65.4 Å². The number of ether oxygens (including phenoxy) is 4. The Kier molecular flexibility index (Phi) is 67.1. The van der Waals surface area contributed by atoms with Crippen LogP contribution in [0.2, 0.25) is 0 Å². The van der Waals surface area contributed by atoms with E-state index in [2.05, 4.69) is 48.5 Å². The number of hydrogen-bond acceptors (Lipinski definition) is 15. The highest BCUT2D eigenvalue weighted by atomic mass is 31.2. The van der Waals surface area contributed by atoms with Gasteiger partial charge in [-0.25, -0.2) is 9.13 Å². The average Bonchev–Trinajstić information content (AvgIpc) is 0.974. The van der Waals surface area contributed by atoms with Gasteiger partial charge in [0.2, 0.25) is 0 Å². The molecule has 0 saturated carbocycles. The SMILES string of the molecule is CCCCCCCCCCCCCCCCCC(=O)OC[C@H](COP(=O)(O)OC[C@@H](O)COP(=O)(O)OC[C@@H](COC(=O)CCCCCCCCC(C)CC)OC(=O)CCCCCCCCCCCCC(C)C)OC(=O)CCCCCCCCCCCCCCCCCCC(C)C. The van der Waals surface area contributed by atoms with E-state index in [0.29, 0.717) is 25.7 Å². The molecule has 0 aromatic carbocycles. The zero-order chi connectivity index (χ0) is 71.6. The number of carbonyl (C=O) groups excluding carboxylic acids is 4. The Morgan fingerprint density at radius 3 is 0.784 bits per heavy atom. The van der Waals surface area contributed by atoms with Crippen LogP contribution in [0.4, 0.5) is 0 Å². The first-order valence-corrected chi connectivity index (χ1v) is 43.4. The minimum absolute atomic E-state index is 0.105. The van der Waals surface area contributed by atoms with Gasteiger partial charge in [0.1, 0.15) is 19.3 Å². The van der Waals surface area contributed by atoms with Crippen LogP contribution in [0.1, 0.15) is 402 Å². The fraction of sp³-hybridized carbons (Fsp3) is 0.949. The standard InChI is InChI=1S/C78H152O17P2/c1-8-10-11-12-13-14-15-16-19-23-26-32-37-45-52-59-75(80)88-65-73(94-77(82)61-54-47-38-33-27-24-21-18-17-20-22-25-30-35-42-49-56-69(3)4)67-92-96(84,85)90-63-72(79)64-91-97(86,87)93-68-74(66-89-76(81)60-53-46-41-40-44-51-58-71(7)9-2)95-78(83)62-55-48-39-34-29-28-31-36-43-50-57-70(5)6/h69-74,79H,8-68H2,1-7H3,(H,84,85)(H,86,87)/t71?,72-,73-,74-/m1/s1. The molecule has 576 valence electrons. The van der Waals surface area contributed by atoms with Crippen molar-refractivity contribution in [1.82, 2.24) is 0 Å². The monoisotopic (exact) mass is 1420 g/mol. The molecule has 0 bridgehead atoms. The maximum absolute atomic E-state index is 13.1. The van der Waals surface area contributed by atoms with Crippen LogP contribution >= 0.6 is 15.6 Å². The fourth-order valence-corrected chi connectivity index (χ4v) is 13.5. The molecule has 0 saturated heterocycles. The average molecular weight is 1420 g/mol. The van der Waals surface area contributed by atoms with Gasteiger partial charge in [0.05, 0.1) is 26.4 Å². The van der Waals surface area contributed by atoms with Gasteiger partial charge in [0.25, 0.3) is 0 Å². The molecule has 0 aliphatic heterocycles. The summed E-state index contributed by atoms with van der Waals surface area (Å²) >= 11 is 0. The number of unbranched alkanes of at least 4 members (excludes halogenated alkanes) is 43. The third-order valence-electron chi connectivity index (χ3n) is 18.5. The molecule has 6 atom stereocenters. The van der Waals surface area contributed by atoms with E-state index in [1.807, 2.05) is 0 Å². The molecule has 0 rings (SSSR count). The molecule has 0 aliphatic carbocycles. The molecule has 0 spiro atoms. The van der Waals surface area contributed by atoms with Gasteiger partial charge in [-0.3, -0.25) is 37.3 Å². The van der Waals surface area contributed by atoms with Crippen LogP contribution in [0.15, 0.2) is 0 Å². The number of aliphatic hydroxyl groups is 1. The van der Waals surface area contributed by atoms with Crippen LogP contribution in [0.5, 0.6) is 0 Å². The van der Waals surface area contributed by atoms with Gasteiger partial charge in [-0.05, 0) is 43.4 Å². The number of hydrogen-bond donors (Lipinski definition) is 3. The lowest BCUT2D eigenvalue weighted by Gasteiger charge is -2.21. The summed E-state index contributed by atoms with van der Waals surface area (Å²) < 4.78 is 68.6. The largest absolute Gasteiger partial charge is 0.472 e. The molecule has 19 heteroatoms. The van der Waals surface area contributed by atoms with Crippen molar-refractivity contribution in [2.75, 3.05) is 39.6 Å². The van der Waals surface area contributed by atoms with Gasteiger partial charge in [-0.1, -0.05) is 350 Å². The van der Waals surface area contributed by atoms with Crippen molar-refractivity contribution in [3.63, 3.8) is 0 Å². The van der Waals surface area contributed by atoms with Crippen LogP contribution in [0.3, 0.4) is 0 Å². The zero-order valence-electron chi connectivity index (χ0n) is 63.5. The van der Waals surface area contributed by atoms with E-state index < -0.39 is 97.5 Å². The minimum Gasteiger partial charge on any atom is -0.462 e. The summed E-state index contributed by atoms with van der Waals surface area (Å²) in [4.78, 5) is 72.9. The van der Waals surface area contributed by atoms with Crippen LogP contribution < -0.4 is 0 Å². The summed E-state index contributed by atoms with van der Waals surface area (Å²) in [7, 11) is -9.92. The first-order valence-electron chi connectivity index (χ1n) is 40.4. The number of aliphatic hydroxyl groups excluding tert-OH is 1. The third kappa shape index (κ3) is 70.9. The van der Waals surface area contributed by atoms with E-state index in [1.54, 1.807) is 0 Å². The molecule has 0 radical (unpaired) electrons. The summed E-state index contributed by atoms with van der Waals surface area (Å²) in [5.41, 5.74) is 0. The second-order valence-corrected chi connectivity index (χ2v) is 32.2. The Balaban J connectivity index is 5.24. The molecular formula is C78H152O17P2. The molecule has 0 amide bonds. The van der Waals surface area contributed by atoms with Gasteiger partial charge in [0, 0.05) is 25.7 Å². The highest BCUT2D eigenvalue weighted by Crippen LogP contribution is 2.45. The second kappa shape index (κ2) is 68.5. The molecule has 3 unspecified atom stereocenters. The molecule has 3 N–H and O–H groups in total. The third-order valence-corrected chi connectivity index (χ3v) is 20.4. The highest BCUT2D eigenvalue weighted by molar-refractivity contribution is 7.47. The van der Waals surface area contributed by atoms with E-state index in [9.17, 15) is 43.2 Å². The van der Waals surface area contributed by atoms with Gasteiger partial charge < -0.3 is 33.8 Å². The van der Waals surface area contributed by atoms with Gasteiger partial charge in [-0.2, -0.15) is 0 Å². The van der Waals surface area contributed by atoms with E-state index >= 15 is 0 Å². The smallest absolute Gasteiger partial charge is 0.462 e. The predicted octanol–water partition coefficient (Wildman–Crippen LogP) is 23.0. The van der Waals surface area contributed by atoms with Crippen molar-refractivity contribution >= 4 is 39.5 Å². The fourth-order valence-electron chi connectivity index (χ4n) is 11.9. The quantitative estimate of drug-likeness (QED) is 0.0222. The lowest BCUT2D eigenvalue weighted by Crippen LogP contribution is -2.30. The highest BCUT2D eigenvalue weighted by Gasteiger charge is 2.30. The maximum atomic E-state index is 13.1. The van der Waals surface area contributed by atoms with Gasteiger partial charge in [0.15, 0.2) is 12.2 Å². The molecule has 0 fully saturated rings. The summed E-state index contributed by atoms with van der Waals surface area (Å²) in [5.74, 6) is 0.177. The summed E-state index contributed by atoms with van der Waals surface area (Å²) in [6.45, 7) is 11.9. The Morgan fingerprint density at radius 1 is 0.299 bits per heavy atom.